The number of hydrogen-bond donors (Lipinski definition) is 1. The van der Waals surface area contributed by atoms with Gasteiger partial charge in [-0.15, -0.1) is 0 Å². The summed E-state index contributed by atoms with van der Waals surface area (Å²) >= 11 is 0. The fourth-order valence-corrected chi connectivity index (χ4v) is 3.14. The monoisotopic (exact) mass is 371 g/mol. The molecule has 0 saturated carbocycles. The third-order valence-corrected chi connectivity index (χ3v) is 4.93. The Kier molecular flexibility index (Phi) is 5.00. The minimum Gasteiger partial charge on any atom is -0.392 e. The molecule has 0 spiro atoms. The first-order valence-corrected chi connectivity index (χ1v) is 9.07. The molecule has 27 heavy (non-hydrogen) atoms. The van der Waals surface area contributed by atoms with Crippen LogP contribution in [-0.4, -0.2) is 64.5 Å². The highest BCUT2D eigenvalue weighted by molar-refractivity contribution is 5.98. The van der Waals surface area contributed by atoms with Gasteiger partial charge in [0.05, 0.1) is 25.4 Å². The smallest absolute Gasteiger partial charge is 0.225 e. The molecule has 1 aromatic heterocycles. The van der Waals surface area contributed by atoms with Crippen LogP contribution in [0, 0.1) is 5.82 Å². The van der Waals surface area contributed by atoms with E-state index in [0.29, 0.717) is 30.2 Å². The van der Waals surface area contributed by atoms with Crippen molar-refractivity contribution in [3.63, 3.8) is 0 Å². The zero-order chi connectivity index (χ0) is 18.8. The van der Waals surface area contributed by atoms with Gasteiger partial charge in [0.1, 0.15) is 5.82 Å². The number of aromatic nitrogens is 2. The molecule has 0 radical (unpaired) electrons. The van der Waals surface area contributed by atoms with Gasteiger partial charge in [0.2, 0.25) is 5.95 Å². The highest BCUT2D eigenvalue weighted by atomic mass is 19.1. The molecule has 1 aromatic carbocycles. The Balaban J connectivity index is 1.34. The molecule has 8 heteroatoms. The fraction of sp³-hybridized carbons (Fsp3) is 0.421. The third kappa shape index (κ3) is 3.63. The molecule has 3 heterocycles. The van der Waals surface area contributed by atoms with E-state index in [1.54, 1.807) is 30.6 Å². The summed E-state index contributed by atoms with van der Waals surface area (Å²) in [6.45, 7) is 6.00. The summed E-state index contributed by atoms with van der Waals surface area (Å²) in [5.41, 5.74) is 2.19. The maximum Gasteiger partial charge on any atom is 0.225 e. The first-order chi connectivity index (χ1) is 13.2. The van der Waals surface area contributed by atoms with Crippen LogP contribution < -0.4 is 4.90 Å². The van der Waals surface area contributed by atoms with Gasteiger partial charge in [-0.2, -0.15) is 0 Å². The second-order valence-electron chi connectivity index (χ2n) is 6.80. The highest BCUT2D eigenvalue weighted by Crippen LogP contribution is 2.25. The van der Waals surface area contributed by atoms with E-state index in [-0.39, 0.29) is 18.3 Å². The number of nitrogens with zero attached hydrogens (tertiary/aromatic N) is 5. The Labute approximate surface area is 157 Å². The number of likely N-dealkylation sites (tertiary alicyclic amines) is 1. The standard InChI is InChI=1S/C19H22FN5O2/c1-2-24-10-16(11-24)27-23-15-8-25(9-15)19-21-6-14(7-22-19)17-5-3-4-13(12-26)18(17)20/h3-7,16,26H,2,8-12H2,1H3. The maximum absolute atomic E-state index is 14.3. The van der Waals surface area contributed by atoms with Gasteiger partial charge in [-0.25, -0.2) is 14.4 Å². The summed E-state index contributed by atoms with van der Waals surface area (Å²) in [5.74, 6) is 0.140. The average molecular weight is 371 g/mol. The second kappa shape index (κ2) is 7.58. The number of likely N-dealkylation sites (N-methyl/N-ethyl adjacent to an activating group) is 1. The van der Waals surface area contributed by atoms with Gasteiger partial charge in [-0.05, 0) is 6.54 Å². The van der Waals surface area contributed by atoms with Gasteiger partial charge in [0.15, 0.2) is 6.10 Å². The minimum atomic E-state index is -0.440. The Morgan fingerprint density at radius 3 is 2.67 bits per heavy atom. The van der Waals surface area contributed by atoms with E-state index in [4.69, 9.17) is 4.84 Å². The zero-order valence-corrected chi connectivity index (χ0v) is 15.2. The number of hydrogen-bond acceptors (Lipinski definition) is 7. The number of benzene rings is 1. The molecule has 0 atom stereocenters. The first-order valence-electron chi connectivity index (χ1n) is 9.07. The summed E-state index contributed by atoms with van der Waals surface area (Å²) in [6.07, 6.45) is 3.40. The number of aliphatic hydroxyl groups is 1. The molecule has 0 unspecified atom stereocenters. The van der Waals surface area contributed by atoms with Crippen LogP contribution in [0.5, 0.6) is 0 Å². The predicted octanol–water partition coefficient (Wildman–Crippen LogP) is 1.67. The largest absolute Gasteiger partial charge is 0.392 e. The van der Waals surface area contributed by atoms with Gasteiger partial charge < -0.3 is 14.8 Å². The second-order valence-corrected chi connectivity index (χ2v) is 6.80. The van der Waals surface area contributed by atoms with Crippen molar-refractivity contribution in [1.29, 1.82) is 0 Å². The van der Waals surface area contributed by atoms with Gasteiger partial charge in [0.25, 0.3) is 0 Å². The molecule has 0 bridgehead atoms. The van der Waals surface area contributed by atoms with Crippen LogP contribution in [0.25, 0.3) is 11.1 Å². The van der Waals surface area contributed by atoms with E-state index < -0.39 is 5.82 Å². The lowest BCUT2D eigenvalue weighted by molar-refractivity contribution is -0.0507. The lowest BCUT2D eigenvalue weighted by Crippen LogP contribution is -2.52. The highest BCUT2D eigenvalue weighted by Gasteiger charge is 2.29. The lowest BCUT2D eigenvalue weighted by atomic mass is 10.1. The number of halogens is 1. The molecular weight excluding hydrogens is 349 g/mol. The van der Waals surface area contributed by atoms with Crippen LogP contribution >= 0.6 is 0 Å². The molecule has 2 fully saturated rings. The average Bonchev–Trinajstić information content (AvgIpc) is 2.62. The lowest BCUT2D eigenvalue weighted by Gasteiger charge is -2.37. The SMILES string of the molecule is CCN1CC(ON=C2CN(c3ncc(-c4cccc(CO)c4F)cn3)C2)C1. The molecule has 2 aliphatic rings. The molecule has 0 amide bonds. The number of rotatable bonds is 6. The van der Waals surface area contributed by atoms with Crippen molar-refractivity contribution >= 4 is 11.7 Å². The third-order valence-electron chi connectivity index (χ3n) is 4.93. The minimum absolute atomic E-state index is 0.201. The zero-order valence-electron chi connectivity index (χ0n) is 15.2. The Hall–Kier alpha value is -2.58. The number of aliphatic hydroxyl groups excluding tert-OH is 1. The van der Waals surface area contributed by atoms with E-state index in [1.165, 1.54) is 0 Å². The number of anilines is 1. The molecule has 2 aromatic rings. The van der Waals surface area contributed by atoms with Gasteiger partial charge in [-0.3, -0.25) is 4.90 Å². The summed E-state index contributed by atoms with van der Waals surface area (Å²) < 4.78 is 14.3. The van der Waals surface area contributed by atoms with Crippen LogP contribution in [0.3, 0.4) is 0 Å². The fourth-order valence-electron chi connectivity index (χ4n) is 3.14. The van der Waals surface area contributed by atoms with Gasteiger partial charge in [-0.1, -0.05) is 30.3 Å². The van der Waals surface area contributed by atoms with E-state index in [2.05, 4.69) is 26.9 Å². The maximum atomic E-state index is 14.3. The van der Waals surface area contributed by atoms with Crippen LogP contribution in [-0.2, 0) is 11.4 Å². The van der Waals surface area contributed by atoms with Crippen LogP contribution in [0.1, 0.15) is 12.5 Å². The van der Waals surface area contributed by atoms with E-state index in [0.717, 1.165) is 25.3 Å². The quantitative estimate of drug-likeness (QED) is 0.779. The molecule has 2 saturated heterocycles. The molecular formula is C19H22FN5O2. The predicted molar refractivity (Wildman–Crippen MR) is 100.0 cm³/mol. The Morgan fingerprint density at radius 1 is 1.26 bits per heavy atom. The van der Waals surface area contributed by atoms with Crippen molar-refractivity contribution in [3.05, 3.63) is 42.0 Å². The summed E-state index contributed by atoms with van der Waals surface area (Å²) in [4.78, 5) is 18.5. The number of oxime groups is 1. The molecule has 7 nitrogen and oxygen atoms in total. The summed E-state index contributed by atoms with van der Waals surface area (Å²) in [6, 6.07) is 4.91. The van der Waals surface area contributed by atoms with Crippen LogP contribution in [0.4, 0.5) is 10.3 Å². The van der Waals surface area contributed by atoms with E-state index in [1.807, 2.05) is 4.90 Å². The summed E-state index contributed by atoms with van der Waals surface area (Å²) in [7, 11) is 0. The molecule has 4 rings (SSSR count). The van der Waals surface area contributed by atoms with Crippen molar-refractivity contribution in [1.82, 2.24) is 14.9 Å². The summed E-state index contributed by atoms with van der Waals surface area (Å²) in [5, 5.41) is 13.4. The van der Waals surface area contributed by atoms with E-state index in [9.17, 15) is 9.50 Å². The van der Waals surface area contributed by atoms with Gasteiger partial charge >= 0.3 is 0 Å². The van der Waals surface area contributed by atoms with Crippen molar-refractivity contribution in [2.45, 2.75) is 19.6 Å². The van der Waals surface area contributed by atoms with Crippen molar-refractivity contribution < 1.29 is 14.3 Å². The molecule has 142 valence electrons. The van der Waals surface area contributed by atoms with Crippen molar-refractivity contribution in [2.75, 3.05) is 37.6 Å². The van der Waals surface area contributed by atoms with Crippen LogP contribution in [0.15, 0.2) is 35.7 Å². The Morgan fingerprint density at radius 2 is 2.00 bits per heavy atom. The van der Waals surface area contributed by atoms with Crippen molar-refractivity contribution in [3.8, 4) is 11.1 Å². The van der Waals surface area contributed by atoms with Crippen LogP contribution in [0.2, 0.25) is 0 Å². The normalized spacial score (nSPS) is 17.4. The van der Waals surface area contributed by atoms with Gasteiger partial charge in [0, 0.05) is 42.2 Å². The van der Waals surface area contributed by atoms with Crippen molar-refractivity contribution in [2.24, 2.45) is 5.16 Å². The first kappa shape index (κ1) is 17.8. The Bertz CT molecular complexity index is 828. The molecule has 2 aliphatic heterocycles. The topological polar surface area (TPSA) is 74.1 Å². The molecule has 0 aliphatic carbocycles. The molecule has 1 N–H and O–H groups in total. The van der Waals surface area contributed by atoms with E-state index >= 15 is 0 Å².